The van der Waals surface area contributed by atoms with Crippen molar-refractivity contribution in [3.05, 3.63) is 69.0 Å². The van der Waals surface area contributed by atoms with Gasteiger partial charge in [-0.3, -0.25) is 14.9 Å². The Balaban J connectivity index is 2.28. The Labute approximate surface area is 122 Å². The maximum absolute atomic E-state index is 13.4. The molecule has 5 nitrogen and oxygen atoms in total. The van der Waals surface area contributed by atoms with E-state index >= 15 is 0 Å². The number of carbonyl (C=O) groups excluding carboxylic acids is 1. The fourth-order valence-electron chi connectivity index (χ4n) is 1.81. The topological polar surface area (TPSA) is 72.2 Å². The molecule has 114 valence electrons. The number of hydrogen-bond donors (Lipinski definition) is 1. The van der Waals surface area contributed by atoms with Gasteiger partial charge < -0.3 is 5.32 Å². The fraction of sp³-hybridized carbons (Fsp3) is 0.0714. The van der Waals surface area contributed by atoms with Crippen LogP contribution in [-0.2, 0) is 0 Å². The average Bonchev–Trinajstić information content (AvgIpc) is 2.44. The van der Waals surface area contributed by atoms with E-state index in [0.29, 0.717) is 12.1 Å². The number of rotatable bonds is 3. The third kappa shape index (κ3) is 3.05. The minimum atomic E-state index is -1.37. The molecule has 0 saturated heterocycles. The van der Waals surface area contributed by atoms with Gasteiger partial charge >= 0.3 is 0 Å². The van der Waals surface area contributed by atoms with Crippen LogP contribution < -0.4 is 5.32 Å². The summed E-state index contributed by atoms with van der Waals surface area (Å²) >= 11 is 0. The number of amides is 1. The molecule has 0 aliphatic carbocycles. The van der Waals surface area contributed by atoms with E-state index in [9.17, 15) is 28.1 Å². The number of carbonyl (C=O) groups is 1. The molecule has 0 spiro atoms. The molecule has 2 aromatic rings. The van der Waals surface area contributed by atoms with Crippen LogP contribution in [0.1, 0.15) is 15.9 Å². The summed E-state index contributed by atoms with van der Waals surface area (Å²) in [7, 11) is 0. The molecule has 0 aliphatic rings. The Morgan fingerprint density at radius 2 is 1.73 bits per heavy atom. The van der Waals surface area contributed by atoms with Gasteiger partial charge in [-0.15, -0.1) is 0 Å². The van der Waals surface area contributed by atoms with Gasteiger partial charge in [0, 0.05) is 29.3 Å². The number of nitrogens with zero attached hydrogens (tertiary/aromatic N) is 1. The van der Waals surface area contributed by atoms with Gasteiger partial charge in [0.05, 0.1) is 10.6 Å². The third-order valence-corrected chi connectivity index (χ3v) is 2.91. The molecule has 0 saturated carbocycles. The highest BCUT2D eigenvalue weighted by molar-refractivity contribution is 6.04. The molecule has 22 heavy (non-hydrogen) atoms. The maximum atomic E-state index is 13.4. The Bertz CT molecular complexity index is 778. The number of hydrogen-bond acceptors (Lipinski definition) is 3. The van der Waals surface area contributed by atoms with Crippen molar-refractivity contribution >= 4 is 17.3 Å². The lowest BCUT2D eigenvalue weighted by atomic mass is 10.1. The van der Waals surface area contributed by atoms with E-state index in [2.05, 4.69) is 5.32 Å². The molecular weight excluding hydrogens is 301 g/mol. The van der Waals surface area contributed by atoms with Gasteiger partial charge in [-0.2, -0.15) is 0 Å². The summed E-state index contributed by atoms with van der Waals surface area (Å²) in [4.78, 5) is 22.0. The minimum absolute atomic E-state index is 0.0206. The van der Waals surface area contributed by atoms with Crippen LogP contribution in [0.5, 0.6) is 0 Å². The van der Waals surface area contributed by atoms with Crippen molar-refractivity contribution in [3.8, 4) is 0 Å². The van der Waals surface area contributed by atoms with Crippen LogP contribution in [0.15, 0.2) is 30.3 Å². The van der Waals surface area contributed by atoms with Gasteiger partial charge in [0.2, 0.25) is 0 Å². The summed E-state index contributed by atoms with van der Waals surface area (Å²) in [6.45, 7) is 1.44. The normalized spacial score (nSPS) is 10.4. The summed E-state index contributed by atoms with van der Waals surface area (Å²) in [5.41, 5.74) is -0.439. The van der Waals surface area contributed by atoms with Gasteiger partial charge in [0.15, 0.2) is 11.6 Å². The van der Waals surface area contributed by atoms with Crippen molar-refractivity contribution in [1.29, 1.82) is 0 Å². The quantitative estimate of drug-likeness (QED) is 0.535. The highest BCUT2D eigenvalue weighted by Gasteiger charge is 2.16. The lowest BCUT2D eigenvalue weighted by molar-refractivity contribution is -0.385. The highest BCUT2D eigenvalue weighted by Crippen LogP contribution is 2.22. The SMILES string of the molecule is Cc1cc(C(=O)Nc2cc(F)c(F)cc2F)ccc1[N+](=O)[O-]. The van der Waals surface area contributed by atoms with Gasteiger partial charge in [0.25, 0.3) is 11.6 Å². The van der Waals surface area contributed by atoms with E-state index in [-0.39, 0.29) is 16.8 Å². The predicted molar refractivity (Wildman–Crippen MR) is 72.1 cm³/mol. The second-order valence-electron chi connectivity index (χ2n) is 4.46. The van der Waals surface area contributed by atoms with Crippen molar-refractivity contribution < 1.29 is 22.9 Å². The first-order chi connectivity index (χ1) is 10.3. The van der Waals surface area contributed by atoms with E-state index < -0.39 is 34.0 Å². The summed E-state index contributed by atoms with van der Waals surface area (Å²) in [5.74, 6) is -4.62. The number of halogens is 3. The number of aryl methyl sites for hydroxylation is 1. The van der Waals surface area contributed by atoms with Gasteiger partial charge in [0.1, 0.15) is 5.82 Å². The zero-order valence-corrected chi connectivity index (χ0v) is 11.2. The van der Waals surface area contributed by atoms with Crippen molar-refractivity contribution in [2.75, 3.05) is 5.32 Å². The second kappa shape index (κ2) is 5.84. The summed E-state index contributed by atoms with van der Waals surface area (Å²) in [6.07, 6.45) is 0. The number of nitro benzene ring substituents is 1. The zero-order valence-electron chi connectivity index (χ0n) is 11.2. The molecule has 0 bridgehead atoms. The lowest BCUT2D eigenvalue weighted by Crippen LogP contribution is -2.14. The number of nitro groups is 1. The van der Waals surface area contributed by atoms with Crippen molar-refractivity contribution in [2.24, 2.45) is 0 Å². The van der Waals surface area contributed by atoms with E-state index in [1.165, 1.54) is 19.1 Å². The second-order valence-corrected chi connectivity index (χ2v) is 4.46. The molecule has 0 unspecified atom stereocenters. The largest absolute Gasteiger partial charge is 0.319 e. The first-order valence-corrected chi connectivity index (χ1v) is 6.00. The Kier molecular flexibility index (Phi) is 4.11. The molecule has 1 amide bonds. The maximum Gasteiger partial charge on any atom is 0.272 e. The number of nitrogens with one attached hydrogen (secondary N) is 1. The predicted octanol–water partition coefficient (Wildman–Crippen LogP) is 3.57. The van der Waals surface area contributed by atoms with Crippen LogP contribution in [0.2, 0.25) is 0 Å². The summed E-state index contributed by atoms with van der Waals surface area (Å²) < 4.78 is 39.3. The van der Waals surface area contributed by atoms with Crippen molar-refractivity contribution in [2.45, 2.75) is 6.92 Å². The fourth-order valence-corrected chi connectivity index (χ4v) is 1.81. The Hall–Kier alpha value is -2.90. The van der Waals surface area contributed by atoms with Gasteiger partial charge in [-0.1, -0.05) is 0 Å². The van der Waals surface area contributed by atoms with Gasteiger partial charge in [-0.25, -0.2) is 13.2 Å². The average molecular weight is 310 g/mol. The summed E-state index contributed by atoms with van der Waals surface area (Å²) in [6, 6.07) is 4.38. The van der Waals surface area contributed by atoms with Crippen LogP contribution in [0.25, 0.3) is 0 Å². The molecule has 2 rings (SSSR count). The number of benzene rings is 2. The first-order valence-electron chi connectivity index (χ1n) is 6.00. The molecule has 1 N–H and O–H groups in total. The molecule has 0 aromatic heterocycles. The summed E-state index contributed by atoms with van der Waals surface area (Å²) in [5, 5.41) is 12.8. The smallest absolute Gasteiger partial charge is 0.272 e. The van der Waals surface area contributed by atoms with Crippen LogP contribution in [-0.4, -0.2) is 10.8 Å². The highest BCUT2D eigenvalue weighted by atomic mass is 19.2. The van der Waals surface area contributed by atoms with E-state index in [1.54, 1.807) is 0 Å². The monoisotopic (exact) mass is 310 g/mol. The standard InChI is InChI=1S/C14H9F3N2O3/c1-7-4-8(2-3-13(7)19(21)22)14(20)18-12-6-10(16)9(15)5-11(12)17/h2-6H,1H3,(H,18,20). The third-order valence-electron chi connectivity index (χ3n) is 2.91. The molecule has 0 radical (unpaired) electrons. The van der Waals surface area contributed by atoms with Crippen LogP contribution in [0.3, 0.4) is 0 Å². The van der Waals surface area contributed by atoms with Crippen LogP contribution in [0.4, 0.5) is 24.5 Å². The molecular formula is C14H9F3N2O3. The van der Waals surface area contributed by atoms with E-state index in [0.717, 1.165) is 6.07 Å². The van der Waals surface area contributed by atoms with Crippen molar-refractivity contribution in [1.82, 2.24) is 0 Å². The lowest BCUT2D eigenvalue weighted by Gasteiger charge is -2.08. The van der Waals surface area contributed by atoms with E-state index in [4.69, 9.17) is 0 Å². The number of anilines is 1. The Morgan fingerprint density at radius 1 is 1.09 bits per heavy atom. The molecule has 0 heterocycles. The molecule has 2 aromatic carbocycles. The minimum Gasteiger partial charge on any atom is -0.319 e. The van der Waals surface area contributed by atoms with Crippen molar-refractivity contribution in [3.63, 3.8) is 0 Å². The molecule has 0 aliphatic heterocycles. The first kappa shape index (κ1) is 15.5. The van der Waals surface area contributed by atoms with Gasteiger partial charge in [-0.05, 0) is 19.1 Å². The Morgan fingerprint density at radius 3 is 2.32 bits per heavy atom. The molecule has 0 fully saturated rings. The zero-order chi connectivity index (χ0) is 16.4. The molecule has 8 heteroatoms. The van der Waals surface area contributed by atoms with Crippen LogP contribution >= 0.6 is 0 Å². The van der Waals surface area contributed by atoms with E-state index in [1.807, 2.05) is 0 Å². The molecule has 0 atom stereocenters. The van der Waals surface area contributed by atoms with Crippen LogP contribution in [0, 0.1) is 34.5 Å².